The Bertz CT molecular complexity index is 1130. The molecule has 1 heterocycles. The van der Waals surface area contributed by atoms with Crippen molar-refractivity contribution in [3.8, 4) is 5.75 Å². The highest BCUT2D eigenvalue weighted by Crippen LogP contribution is 2.30. The van der Waals surface area contributed by atoms with Crippen molar-refractivity contribution in [3.05, 3.63) is 93.4 Å². The van der Waals surface area contributed by atoms with Gasteiger partial charge in [0.25, 0.3) is 5.91 Å². The van der Waals surface area contributed by atoms with Gasteiger partial charge in [0.2, 0.25) is 5.43 Å². The third-order valence-corrected chi connectivity index (χ3v) is 5.61. The lowest BCUT2D eigenvalue weighted by Crippen LogP contribution is -2.40. The summed E-state index contributed by atoms with van der Waals surface area (Å²) in [4.78, 5) is 26.4. The molecule has 3 rings (SSSR count). The van der Waals surface area contributed by atoms with E-state index in [1.807, 2.05) is 13.8 Å². The Morgan fingerprint density at radius 3 is 2.50 bits per heavy atom. The van der Waals surface area contributed by atoms with Gasteiger partial charge in [0.1, 0.15) is 11.6 Å². The van der Waals surface area contributed by atoms with E-state index in [1.165, 1.54) is 24.3 Å². The van der Waals surface area contributed by atoms with Crippen LogP contribution < -0.4 is 5.43 Å². The minimum atomic E-state index is -0.750. The van der Waals surface area contributed by atoms with Crippen molar-refractivity contribution in [2.75, 3.05) is 6.54 Å². The number of rotatable bonds is 8. The zero-order chi connectivity index (χ0) is 23.3. The molecule has 0 fully saturated rings. The van der Waals surface area contributed by atoms with Crippen LogP contribution in [0, 0.1) is 11.6 Å². The number of amides is 1. The summed E-state index contributed by atoms with van der Waals surface area (Å²) < 4.78 is 27.4. The van der Waals surface area contributed by atoms with Crippen molar-refractivity contribution in [2.24, 2.45) is 0 Å². The Hall–Kier alpha value is -3.55. The van der Waals surface area contributed by atoms with Gasteiger partial charge in [0, 0.05) is 18.5 Å². The fraction of sp³-hybridized carbons (Fsp3) is 0.292. The number of aromatic nitrogens is 2. The second-order valence-electron chi connectivity index (χ2n) is 7.66. The maximum absolute atomic E-state index is 13.9. The number of halogens is 2. The summed E-state index contributed by atoms with van der Waals surface area (Å²) in [6.07, 6.45) is 1.95. The van der Waals surface area contributed by atoms with Gasteiger partial charge in [-0.2, -0.15) is 5.10 Å². The minimum Gasteiger partial charge on any atom is -0.502 e. The fourth-order valence-corrected chi connectivity index (χ4v) is 3.64. The molecule has 8 heteroatoms. The highest BCUT2D eigenvalue weighted by atomic mass is 19.1. The number of carbonyl (C=O) groups is 1. The first-order valence-corrected chi connectivity index (χ1v) is 10.4. The predicted molar refractivity (Wildman–Crippen MR) is 117 cm³/mol. The molecule has 0 aliphatic rings. The molecule has 0 bridgehead atoms. The van der Waals surface area contributed by atoms with Crippen LogP contribution in [0.1, 0.15) is 54.2 Å². The van der Waals surface area contributed by atoms with Gasteiger partial charge in [0.15, 0.2) is 11.4 Å². The molecule has 1 aromatic heterocycles. The quantitative estimate of drug-likeness (QED) is 0.548. The van der Waals surface area contributed by atoms with E-state index in [0.29, 0.717) is 18.4 Å². The predicted octanol–water partition coefficient (Wildman–Crippen LogP) is 4.22. The first-order chi connectivity index (χ1) is 15.3. The van der Waals surface area contributed by atoms with Crippen molar-refractivity contribution in [1.82, 2.24) is 15.1 Å². The molecule has 0 saturated heterocycles. The lowest BCUT2D eigenvalue weighted by molar-refractivity contribution is 0.0672. The van der Waals surface area contributed by atoms with Crippen LogP contribution in [0.2, 0.25) is 0 Å². The molecule has 168 valence electrons. The van der Waals surface area contributed by atoms with Gasteiger partial charge in [-0.25, -0.2) is 8.78 Å². The number of aromatic hydroxyl groups is 1. The number of nitrogens with zero attached hydrogens (tertiary/aromatic N) is 2. The first kappa shape index (κ1) is 23.1. The topological polar surface area (TPSA) is 86.3 Å². The summed E-state index contributed by atoms with van der Waals surface area (Å²) in [5.41, 5.74) is 0.457. The van der Waals surface area contributed by atoms with Gasteiger partial charge in [0.05, 0.1) is 6.20 Å². The maximum atomic E-state index is 13.9. The fourth-order valence-electron chi connectivity index (χ4n) is 3.64. The van der Waals surface area contributed by atoms with Crippen LogP contribution in [0.3, 0.4) is 0 Å². The van der Waals surface area contributed by atoms with Crippen LogP contribution in [0.4, 0.5) is 8.78 Å². The molecule has 0 spiro atoms. The van der Waals surface area contributed by atoms with Crippen LogP contribution >= 0.6 is 0 Å². The average Bonchev–Trinajstić information content (AvgIpc) is 2.78. The molecule has 1 amide bonds. The van der Waals surface area contributed by atoms with Crippen molar-refractivity contribution in [1.29, 1.82) is 0 Å². The van der Waals surface area contributed by atoms with Crippen molar-refractivity contribution in [2.45, 2.75) is 38.6 Å². The second kappa shape index (κ2) is 10.2. The standard InChI is InChI=1S/C24H25F2N3O3/c1-3-15(2)29(24(32)22-23(31)21(30)14-27-28-22)12-11-20(16-7-9-18(25)10-8-16)17-5-4-6-19(26)13-17/h4-10,13-15,20H,3,11-12H2,1-2H3,(H,27,31)(H,28,30). The third-order valence-electron chi connectivity index (χ3n) is 5.61. The molecule has 0 saturated carbocycles. The van der Waals surface area contributed by atoms with Crippen molar-refractivity contribution >= 4 is 5.91 Å². The molecule has 2 aromatic carbocycles. The van der Waals surface area contributed by atoms with E-state index in [0.717, 1.165) is 11.8 Å². The Balaban J connectivity index is 1.93. The second-order valence-corrected chi connectivity index (χ2v) is 7.66. The molecule has 2 N–H and O–H groups in total. The van der Waals surface area contributed by atoms with Crippen LogP contribution in [0.15, 0.2) is 59.5 Å². The zero-order valence-electron chi connectivity index (χ0n) is 17.9. The smallest absolute Gasteiger partial charge is 0.276 e. The minimum absolute atomic E-state index is 0.202. The molecule has 0 aliphatic carbocycles. The average molecular weight is 441 g/mol. The van der Waals surface area contributed by atoms with Gasteiger partial charge in [-0.15, -0.1) is 0 Å². The van der Waals surface area contributed by atoms with E-state index in [2.05, 4.69) is 10.2 Å². The number of benzene rings is 2. The number of aromatic amines is 1. The van der Waals surface area contributed by atoms with Crippen LogP contribution in [0.25, 0.3) is 0 Å². The summed E-state index contributed by atoms with van der Waals surface area (Å²) in [5.74, 6) is -2.30. The molecule has 2 atom stereocenters. The largest absolute Gasteiger partial charge is 0.502 e. The third kappa shape index (κ3) is 5.19. The van der Waals surface area contributed by atoms with Gasteiger partial charge in [-0.3, -0.25) is 14.7 Å². The summed E-state index contributed by atoms with van der Waals surface area (Å²) >= 11 is 0. The number of nitrogens with one attached hydrogen (secondary N) is 1. The lowest BCUT2D eigenvalue weighted by Gasteiger charge is -2.30. The Morgan fingerprint density at radius 2 is 1.84 bits per heavy atom. The molecule has 6 nitrogen and oxygen atoms in total. The van der Waals surface area contributed by atoms with Gasteiger partial charge < -0.3 is 10.0 Å². The van der Waals surface area contributed by atoms with Crippen molar-refractivity contribution in [3.63, 3.8) is 0 Å². The zero-order valence-corrected chi connectivity index (χ0v) is 17.9. The monoisotopic (exact) mass is 441 g/mol. The molecular formula is C24H25F2N3O3. The van der Waals surface area contributed by atoms with E-state index in [9.17, 15) is 23.5 Å². The highest BCUT2D eigenvalue weighted by Gasteiger charge is 2.26. The SMILES string of the molecule is CCC(C)N(CCC(c1ccc(F)cc1)c1cccc(F)c1)C(=O)c1[nH]ncc(=O)c1O. The van der Waals surface area contributed by atoms with Gasteiger partial charge in [-0.1, -0.05) is 31.2 Å². The van der Waals surface area contributed by atoms with E-state index in [1.54, 1.807) is 29.2 Å². The maximum Gasteiger partial charge on any atom is 0.276 e. The van der Waals surface area contributed by atoms with Crippen molar-refractivity contribution < 1.29 is 18.7 Å². The number of hydrogen-bond donors (Lipinski definition) is 2. The van der Waals surface area contributed by atoms with Crippen LogP contribution in [0.5, 0.6) is 5.75 Å². The Morgan fingerprint density at radius 1 is 1.12 bits per heavy atom. The molecule has 0 radical (unpaired) electrons. The van der Waals surface area contributed by atoms with E-state index >= 15 is 0 Å². The van der Waals surface area contributed by atoms with Crippen LogP contribution in [-0.2, 0) is 0 Å². The summed E-state index contributed by atoms with van der Waals surface area (Å²) in [6, 6.07) is 11.9. The summed E-state index contributed by atoms with van der Waals surface area (Å²) in [6.45, 7) is 4.03. The van der Waals surface area contributed by atoms with Gasteiger partial charge in [-0.05, 0) is 55.2 Å². The molecule has 32 heavy (non-hydrogen) atoms. The Labute approximate surface area is 184 Å². The molecule has 0 aliphatic heterocycles. The number of hydrogen-bond acceptors (Lipinski definition) is 4. The lowest BCUT2D eigenvalue weighted by atomic mass is 9.88. The molecule has 2 unspecified atom stereocenters. The van der Waals surface area contributed by atoms with Crippen LogP contribution in [-0.4, -0.2) is 38.7 Å². The Kier molecular flexibility index (Phi) is 7.35. The highest BCUT2D eigenvalue weighted by molar-refractivity contribution is 5.94. The summed E-state index contributed by atoms with van der Waals surface area (Å²) in [5, 5.41) is 16.1. The molecule has 3 aromatic rings. The first-order valence-electron chi connectivity index (χ1n) is 10.4. The number of H-pyrrole nitrogens is 1. The normalized spacial score (nSPS) is 12.9. The van der Waals surface area contributed by atoms with E-state index in [-0.39, 0.29) is 35.8 Å². The van der Waals surface area contributed by atoms with E-state index < -0.39 is 17.1 Å². The summed E-state index contributed by atoms with van der Waals surface area (Å²) in [7, 11) is 0. The number of carbonyl (C=O) groups excluding carboxylic acids is 1. The van der Waals surface area contributed by atoms with Gasteiger partial charge >= 0.3 is 0 Å². The molecular weight excluding hydrogens is 416 g/mol. The van der Waals surface area contributed by atoms with E-state index in [4.69, 9.17) is 0 Å².